The lowest BCUT2D eigenvalue weighted by Crippen LogP contribution is -2.13. The molecular formula is C19H31NO5. The lowest BCUT2D eigenvalue weighted by molar-refractivity contribution is -0.114. The summed E-state index contributed by atoms with van der Waals surface area (Å²) in [6, 6.07) is 7.23. The highest BCUT2D eigenvalue weighted by molar-refractivity contribution is 5.88. The zero-order valence-corrected chi connectivity index (χ0v) is 15.4. The van der Waals surface area contributed by atoms with Gasteiger partial charge in [-0.05, 0) is 30.7 Å². The Bertz CT molecular complexity index is 450. The first-order valence-electron chi connectivity index (χ1n) is 8.96. The summed E-state index contributed by atoms with van der Waals surface area (Å²) in [7, 11) is 0. The normalized spacial score (nSPS) is 10.6. The molecule has 0 spiro atoms. The van der Waals surface area contributed by atoms with Gasteiger partial charge in [0.15, 0.2) is 0 Å². The van der Waals surface area contributed by atoms with Crippen molar-refractivity contribution in [2.24, 2.45) is 0 Å². The van der Waals surface area contributed by atoms with Crippen LogP contribution >= 0.6 is 0 Å². The van der Waals surface area contributed by atoms with E-state index in [2.05, 4.69) is 12.2 Å². The molecule has 1 aromatic rings. The van der Waals surface area contributed by atoms with Crippen LogP contribution in [0.15, 0.2) is 24.3 Å². The number of anilines is 1. The van der Waals surface area contributed by atoms with Crippen molar-refractivity contribution in [1.82, 2.24) is 0 Å². The lowest BCUT2D eigenvalue weighted by atomic mass is 10.3. The van der Waals surface area contributed by atoms with Gasteiger partial charge in [0.2, 0.25) is 5.91 Å². The van der Waals surface area contributed by atoms with E-state index in [4.69, 9.17) is 18.9 Å². The lowest BCUT2D eigenvalue weighted by Gasteiger charge is -2.09. The predicted molar refractivity (Wildman–Crippen MR) is 98.2 cm³/mol. The van der Waals surface area contributed by atoms with Gasteiger partial charge in [-0.15, -0.1) is 0 Å². The fraction of sp³-hybridized carbons (Fsp3) is 0.632. The summed E-state index contributed by atoms with van der Waals surface area (Å²) in [5.74, 6) is 0.654. The van der Waals surface area contributed by atoms with Crippen molar-refractivity contribution in [3.63, 3.8) is 0 Å². The van der Waals surface area contributed by atoms with Gasteiger partial charge in [0.1, 0.15) is 12.4 Å². The molecule has 0 bridgehead atoms. The highest BCUT2D eigenvalue weighted by Crippen LogP contribution is 2.15. The first-order valence-corrected chi connectivity index (χ1v) is 8.96. The summed E-state index contributed by atoms with van der Waals surface area (Å²) in [6.07, 6.45) is 3.55. The average Bonchev–Trinajstić information content (AvgIpc) is 2.60. The number of hydrogen-bond acceptors (Lipinski definition) is 5. The Balaban J connectivity index is 1.89. The molecule has 0 aliphatic heterocycles. The second kappa shape index (κ2) is 14.7. The minimum absolute atomic E-state index is 0.0904. The van der Waals surface area contributed by atoms with Crippen LogP contribution in [0.25, 0.3) is 0 Å². The van der Waals surface area contributed by atoms with Gasteiger partial charge in [-0.3, -0.25) is 4.79 Å². The van der Waals surface area contributed by atoms with Crippen molar-refractivity contribution in [3.8, 4) is 5.75 Å². The molecule has 0 aliphatic rings. The molecule has 0 saturated carbocycles. The van der Waals surface area contributed by atoms with Crippen molar-refractivity contribution in [1.29, 1.82) is 0 Å². The summed E-state index contributed by atoms with van der Waals surface area (Å²) < 4.78 is 21.9. The molecule has 142 valence electrons. The topological polar surface area (TPSA) is 66.0 Å². The maximum absolute atomic E-state index is 10.9. The Labute approximate surface area is 150 Å². The van der Waals surface area contributed by atoms with Gasteiger partial charge in [0.25, 0.3) is 0 Å². The van der Waals surface area contributed by atoms with Crippen LogP contribution < -0.4 is 10.1 Å². The SMILES string of the molecule is CCCCCOCCOCCOCCOc1ccc(NC(C)=O)cc1. The van der Waals surface area contributed by atoms with Crippen LogP contribution in [-0.2, 0) is 19.0 Å². The van der Waals surface area contributed by atoms with Gasteiger partial charge in [-0.2, -0.15) is 0 Å². The molecule has 0 fully saturated rings. The quantitative estimate of drug-likeness (QED) is 0.490. The molecule has 1 amide bonds. The molecule has 0 aromatic heterocycles. The number of ether oxygens (including phenoxy) is 4. The fourth-order valence-electron chi connectivity index (χ4n) is 2.05. The molecule has 0 radical (unpaired) electrons. The van der Waals surface area contributed by atoms with Crippen LogP contribution in [0, 0.1) is 0 Å². The number of carbonyl (C=O) groups is 1. The Morgan fingerprint density at radius 2 is 1.40 bits per heavy atom. The molecule has 6 heteroatoms. The first kappa shape index (κ1) is 21.4. The zero-order valence-electron chi connectivity index (χ0n) is 15.4. The summed E-state index contributed by atoms with van der Waals surface area (Å²) >= 11 is 0. The maximum atomic E-state index is 10.9. The Morgan fingerprint density at radius 3 is 1.96 bits per heavy atom. The molecule has 0 heterocycles. The third-order valence-corrected chi connectivity index (χ3v) is 3.31. The van der Waals surface area contributed by atoms with Gasteiger partial charge in [0.05, 0.1) is 33.0 Å². The summed E-state index contributed by atoms with van der Waals surface area (Å²) in [5.41, 5.74) is 0.752. The van der Waals surface area contributed by atoms with Crippen LogP contribution in [0.4, 0.5) is 5.69 Å². The maximum Gasteiger partial charge on any atom is 0.221 e. The standard InChI is InChI=1S/C19H31NO5/c1-3-4-5-10-22-11-12-23-13-14-24-15-16-25-19-8-6-18(7-9-19)20-17(2)21/h6-9H,3-5,10-16H2,1-2H3,(H,20,21). The molecule has 1 rings (SSSR count). The smallest absolute Gasteiger partial charge is 0.221 e. The van der Waals surface area contributed by atoms with Gasteiger partial charge in [-0.25, -0.2) is 0 Å². The van der Waals surface area contributed by atoms with E-state index in [0.29, 0.717) is 39.6 Å². The van der Waals surface area contributed by atoms with E-state index < -0.39 is 0 Å². The van der Waals surface area contributed by atoms with E-state index in [0.717, 1.165) is 24.5 Å². The molecular weight excluding hydrogens is 322 g/mol. The molecule has 1 N–H and O–H groups in total. The van der Waals surface area contributed by atoms with E-state index >= 15 is 0 Å². The monoisotopic (exact) mass is 353 g/mol. The van der Waals surface area contributed by atoms with E-state index in [1.165, 1.54) is 19.8 Å². The number of nitrogens with one attached hydrogen (secondary N) is 1. The number of benzene rings is 1. The van der Waals surface area contributed by atoms with Gasteiger partial charge in [-0.1, -0.05) is 19.8 Å². The number of unbranched alkanes of at least 4 members (excludes halogenated alkanes) is 2. The van der Waals surface area contributed by atoms with Crippen molar-refractivity contribution >= 4 is 11.6 Å². The van der Waals surface area contributed by atoms with Gasteiger partial charge >= 0.3 is 0 Å². The van der Waals surface area contributed by atoms with E-state index in [9.17, 15) is 4.79 Å². The van der Waals surface area contributed by atoms with Crippen LogP contribution in [-0.4, -0.2) is 52.2 Å². The van der Waals surface area contributed by atoms with Crippen LogP contribution in [0.2, 0.25) is 0 Å². The molecule has 0 unspecified atom stereocenters. The predicted octanol–water partition coefficient (Wildman–Crippen LogP) is 3.26. The van der Waals surface area contributed by atoms with Crippen molar-refractivity contribution < 1.29 is 23.7 Å². The second-order valence-electron chi connectivity index (χ2n) is 5.60. The van der Waals surface area contributed by atoms with Gasteiger partial charge in [0, 0.05) is 19.2 Å². The largest absolute Gasteiger partial charge is 0.491 e. The van der Waals surface area contributed by atoms with E-state index in [-0.39, 0.29) is 5.91 Å². The molecule has 0 atom stereocenters. The Kier molecular flexibility index (Phi) is 12.6. The molecule has 1 aromatic carbocycles. The molecule has 6 nitrogen and oxygen atoms in total. The number of carbonyl (C=O) groups excluding carboxylic acids is 1. The fourth-order valence-corrected chi connectivity index (χ4v) is 2.05. The van der Waals surface area contributed by atoms with Crippen molar-refractivity contribution in [3.05, 3.63) is 24.3 Å². The van der Waals surface area contributed by atoms with Crippen molar-refractivity contribution in [2.75, 3.05) is 51.6 Å². The minimum Gasteiger partial charge on any atom is -0.491 e. The van der Waals surface area contributed by atoms with Crippen LogP contribution in [0.5, 0.6) is 5.75 Å². The van der Waals surface area contributed by atoms with Crippen LogP contribution in [0.3, 0.4) is 0 Å². The average molecular weight is 353 g/mol. The van der Waals surface area contributed by atoms with Crippen LogP contribution in [0.1, 0.15) is 33.1 Å². The first-order chi connectivity index (χ1) is 12.2. The molecule has 0 aliphatic carbocycles. The number of rotatable bonds is 15. The Hall–Kier alpha value is -1.63. The highest BCUT2D eigenvalue weighted by Gasteiger charge is 1.98. The third kappa shape index (κ3) is 12.4. The minimum atomic E-state index is -0.0904. The van der Waals surface area contributed by atoms with E-state index in [1.54, 1.807) is 12.1 Å². The Morgan fingerprint density at radius 1 is 0.840 bits per heavy atom. The summed E-state index contributed by atoms with van der Waals surface area (Å²) in [4.78, 5) is 10.9. The second-order valence-corrected chi connectivity index (χ2v) is 5.60. The van der Waals surface area contributed by atoms with Crippen molar-refractivity contribution in [2.45, 2.75) is 33.1 Å². The number of amides is 1. The van der Waals surface area contributed by atoms with Gasteiger partial charge < -0.3 is 24.3 Å². The number of hydrogen-bond donors (Lipinski definition) is 1. The zero-order chi connectivity index (χ0) is 18.2. The molecule has 25 heavy (non-hydrogen) atoms. The summed E-state index contributed by atoms with van der Waals surface area (Å²) in [5, 5.41) is 2.71. The molecule has 0 saturated heterocycles. The van der Waals surface area contributed by atoms with E-state index in [1.807, 2.05) is 12.1 Å². The third-order valence-electron chi connectivity index (χ3n) is 3.31. The highest BCUT2D eigenvalue weighted by atomic mass is 16.6. The summed E-state index contributed by atoms with van der Waals surface area (Å²) in [6.45, 7) is 7.80.